The van der Waals surface area contributed by atoms with Crippen molar-refractivity contribution >= 4 is 17.9 Å². The highest BCUT2D eigenvalue weighted by atomic mass is 16.6. The molecule has 372 valence electrons. The molecule has 0 spiro atoms. The van der Waals surface area contributed by atoms with Crippen LogP contribution >= 0.6 is 0 Å². The van der Waals surface area contributed by atoms with Crippen molar-refractivity contribution in [2.24, 2.45) is 0 Å². The van der Waals surface area contributed by atoms with Crippen molar-refractivity contribution in [3.05, 3.63) is 48.6 Å². The van der Waals surface area contributed by atoms with Gasteiger partial charge in [0.1, 0.15) is 13.2 Å². The van der Waals surface area contributed by atoms with Crippen molar-refractivity contribution < 1.29 is 28.6 Å². The summed E-state index contributed by atoms with van der Waals surface area (Å²) in [6, 6.07) is 0. The molecule has 0 aromatic carbocycles. The van der Waals surface area contributed by atoms with Crippen LogP contribution in [0.25, 0.3) is 0 Å². The SMILES string of the molecule is CC/C=C\C/C=C\C/C=C\CCCCCCCC(=O)OC(COC(=O)CCCCCCC/C=C\CCCCCCCCC)COC(=O)CCCCCCCCCCCCCCCCC. The van der Waals surface area contributed by atoms with E-state index in [1.807, 2.05) is 0 Å². The molecule has 0 aromatic heterocycles. The highest BCUT2D eigenvalue weighted by molar-refractivity contribution is 5.71. The van der Waals surface area contributed by atoms with E-state index in [1.54, 1.807) is 0 Å². The molecule has 6 heteroatoms. The predicted octanol–water partition coefficient (Wildman–Crippen LogP) is 18.3. The third-order valence-electron chi connectivity index (χ3n) is 12.1. The Morgan fingerprint density at radius 1 is 0.328 bits per heavy atom. The molecule has 0 heterocycles. The molecular weight excluding hydrogens is 793 g/mol. The fourth-order valence-corrected chi connectivity index (χ4v) is 7.92. The van der Waals surface area contributed by atoms with Crippen molar-refractivity contribution in [1.82, 2.24) is 0 Å². The number of unbranched alkanes of at least 4 members (excludes halogenated alkanes) is 31. The van der Waals surface area contributed by atoms with Gasteiger partial charge in [0.2, 0.25) is 0 Å². The topological polar surface area (TPSA) is 78.9 Å². The van der Waals surface area contributed by atoms with Crippen LogP contribution in [0.15, 0.2) is 48.6 Å². The number of carbonyl (C=O) groups is 3. The van der Waals surface area contributed by atoms with Gasteiger partial charge in [-0.2, -0.15) is 0 Å². The Labute approximate surface area is 397 Å². The Morgan fingerprint density at radius 2 is 0.609 bits per heavy atom. The minimum atomic E-state index is -0.783. The highest BCUT2D eigenvalue weighted by Gasteiger charge is 2.19. The van der Waals surface area contributed by atoms with Crippen LogP contribution in [-0.2, 0) is 28.6 Å². The van der Waals surface area contributed by atoms with Crippen LogP contribution in [0.1, 0.15) is 284 Å². The van der Waals surface area contributed by atoms with Gasteiger partial charge in [0.25, 0.3) is 0 Å². The third kappa shape index (κ3) is 50.4. The molecule has 0 amide bonds. The zero-order valence-electron chi connectivity index (χ0n) is 42.6. The van der Waals surface area contributed by atoms with Crippen LogP contribution in [0.4, 0.5) is 0 Å². The largest absolute Gasteiger partial charge is 0.462 e. The van der Waals surface area contributed by atoms with E-state index in [9.17, 15) is 14.4 Å². The molecule has 0 rings (SSSR count). The van der Waals surface area contributed by atoms with Crippen molar-refractivity contribution in [3.63, 3.8) is 0 Å². The Kier molecular flexibility index (Phi) is 50.8. The average molecular weight is 897 g/mol. The van der Waals surface area contributed by atoms with Gasteiger partial charge in [-0.05, 0) is 77.0 Å². The van der Waals surface area contributed by atoms with Gasteiger partial charge in [0.05, 0.1) is 0 Å². The highest BCUT2D eigenvalue weighted by Crippen LogP contribution is 2.16. The molecule has 0 saturated heterocycles. The van der Waals surface area contributed by atoms with Gasteiger partial charge in [-0.15, -0.1) is 0 Å². The Hall–Kier alpha value is -2.63. The molecule has 0 aromatic rings. The molecule has 6 nitrogen and oxygen atoms in total. The monoisotopic (exact) mass is 897 g/mol. The summed E-state index contributed by atoms with van der Waals surface area (Å²) in [5.74, 6) is -0.894. The van der Waals surface area contributed by atoms with E-state index in [1.165, 1.54) is 141 Å². The number of esters is 3. The maximum absolute atomic E-state index is 12.8. The Morgan fingerprint density at radius 3 is 0.969 bits per heavy atom. The number of rotatable bonds is 50. The minimum Gasteiger partial charge on any atom is -0.462 e. The fraction of sp³-hybridized carbons (Fsp3) is 0.810. The van der Waals surface area contributed by atoms with E-state index < -0.39 is 6.10 Å². The average Bonchev–Trinajstić information content (AvgIpc) is 3.29. The molecule has 1 unspecified atom stereocenters. The lowest BCUT2D eigenvalue weighted by atomic mass is 10.0. The molecule has 0 aliphatic carbocycles. The molecular formula is C58H104O6. The Balaban J connectivity index is 4.39. The number of ether oxygens (including phenoxy) is 3. The number of hydrogen-bond acceptors (Lipinski definition) is 6. The lowest BCUT2D eigenvalue weighted by molar-refractivity contribution is -0.167. The first-order valence-electron chi connectivity index (χ1n) is 27.6. The molecule has 64 heavy (non-hydrogen) atoms. The molecule has 0 bridgehead atoms. The van der Waals surface area contributed by atoms with Crippen molar-refractivity contribution in [1.29, 1.82) is 0 Å². The number of allylic oxidation sites excluding steroid dienone is 8. The van der Waals surface area contributed by atoms with Crippen LogP contribution in [-0.4, -0.2) is 37.2 Å². The van der Waals surface area contributed by atoms with E-state index >= 15 is 0 Å². The second-order valence-electron chi connectivity index (χ2n) is 18.5. The van der Waals surface area contributed by atoms with E-state index in [2.05, 4.69) is 69.4 Å². The van der Waals surface area contributed by atoms with Gasteiger partial charge in [-0.1, -0.05) is 236 Å². The summed E-state index contributed by atoms with van der Waals surface area (Å²) in [5, 5.41) is 0. The van der Waals surface area contributed by atoms with Crippen LogP contribution in [0.3, 0.4) is 0 Å². The van der Waals surface area contributed by atoms with Crippen molar-refractivity contribution in [3.8, 4) is 0 Å². The van der Waals surface area contributed by atoms with Gasteiger partial charge >= 0.3 is 17.9 Å². The molecule has 0 fully saturated rings. The van der Waals surface area contributed by atoms with Gasteiger partial charge in [-0.25, -0.2) is 0 Å². The minimum absolute atomic E-state index is 0.0801. The molecule has 0 aliphatic rings. The van der Waals surface area contributed by atoms with Crippen LogP contribution < -0.4 is 0 Å². The smallest absolute Gasteiger partial charge is 0.306 e. The number of carbonyl (C=O) groups excluding carboxylic acids is 3. The summed E-state index contributed by atoms with van der Waals surface area (Å²) in [6.45, 7) is 6.53. The first kappa shape index (κ1) is 61.4. The predicted molar refractivity (Wildman–Crippen MR) is 275 cm³/mol. The molecule has 0 saturated carbocycles. The quantitative estimate of drug-likeness (QED) is 0.0262. The summed E-state index contributed by atoms with van der Waals surface area (Å²) in [5.41, 5.74) is 0. The van der Waals surface area contributed by atoms with Gasteiger partial charge in [0, 0.05) is 19.3 Å². The van der Waals surface area contributed by atoms with Crippen molar-refractivity contribution in [2.75, 3.05) is 13.2 Å². The summed E-state index contributed by atoms with van der Waals surface area (Å²) >= 11 is 0. The normalized spacial score (nSPS) is 12.4. The second-order valence-corrected chi connectivity index (χ2v) is 18.5. The first-order chi connectivity index (χ1) is 31.5. The third-order valence-corrected chi connectivity index (χ3v) is 12.1. The van der Waals surface area contributed by atoms with E-state index in [-0.39, 0.29) is 31.1 Å². The zero-order valence-corrected chi connectivity index (χ0v) is 42.6. The molecule has 1 atom stereocenters. The van der Waals surface area contributed by atoms with Crippen LogP contribution in [0, 0.1) is 0 Å². The molecule has 0 aliphatic heterocycles. The molecule has 0 N–H and O–H groups in total. The number of hydrogen-bond donors (Lipinski definition) is 0. The maximum atomic E-state index is 12.8. The van der Waals surface area contributed by atoms with Gasteiger partial charge in [-0.3, -0.25) is 14.4 Å². The lowest BCUT2D eigenvalue weighted by Gasteiger charge is -2.18. The lowest BCUT2D eigenvalue weighted by Crippen LogP contribution is -2.30. The fourth-order valence-electron chi connectivity index (χ4n) is 7.92. The second kappa shape index (κ2) is 53.0. The summed E-state index contributed by atoms with van der Waals surface area (Å²) in [6.07, 6.45) is 63.8. The standard InChI is InChI=1S/C58H104O6/c1-4-7-10-13-16-19-22-25-28-31-33-36-39-42-45-48-51-57(60)63-54-55(64-58(61)52-49-46-43-40-37-34-30-27-24-21-18-15-12-9-6-3)53-62-56(59)50-47-44-41-38-35-32-29-26-23-20-17-14-11-8-5-2/h9,12,18,21,27-28,30-31,55H,4-8,10-11,13-17,19-20,22-26,29,32-54H2,1-3H3/b12-9-,21-18-,30-27-,31-28-. The molecule has 0 radical (unpaired) electrons. The van der Waals surface area contributed by atoms with Crippen LogP contribution in [0.2, 0.25) is 0 Å². The van der Waals surface area contributed by atoms with E-state index in [4.69, 9.17) is 14.2 Å². The Bertz CT molecular complexity index is 1120. The van der Waals surface area contributed by atoms with Crippen molar-refractivity contribution in [2.45, 2.75) is 290 Å². The summed E-state index contributed by atoms with van der Waals surface area (Å²) in [7, 11) is 0. The van der Waals surface area contributed by atoms with E-state index in [0.29, 0.717) is 19.3 Å². The van der Waals surface area contributed by atoms with Gasteiger partial charge < -0.3 is 14.2 Å². The van der Waals surface area contributed by atoms with Crippen LogP contribution in [0.5, 0.6) is 0 Å². The summed E-state index contributed by atoms with van der Waals surface area (Å²) in [4.78, 5) is 38.1. The maximum Gasteiger partial charge on any atom is 0.306 e. The zero-order chi connectivity index (χ0) is 46.5. The summed E-state index contributed by atoms with van der Waals surface area (Å²) < 4.78 is 16.8. The first-order valence-corrected chi connectivity index (χ1v) is 27.6. The van der Waals surface area contributed by atoms with E-state index in [0.717, 1.165) is 103 Å². The van der Waals surface area contributed by atoms with Gasteiger partial charge in [0.15, 0.2) is 6.10 Å².